The average Bonchev–Trinajstić information content (AvgIpc) is 3.16. The molecular formula is C22H30Cl2N2O2. The van der Waals surface area contributed by atoms with E-state index in [1.54, 1.807) is 0 Å². The zero-order valence-electron chi connectivity index (χ0n) is 16.2. The molecule has 1 saturated heterocycles. The highest BCUT2D eigenvalue weighted by Gasteiger charge is 2.17. The van der Waals surface area contributed by atoms with Crippen molar-refractivity contribution < 1.29 is 9.47 Å². The maximum absolute atomic E-state index is 5.47. The lowest BCUT2D eigenvalue weighted by atomic mass is 10.1. The van der Waals surface area contributed by atoms with Crippen LogP contribution < -0.4 is 9.47 Å². The lowest BCUT2D eigenvalue weighted by Crippen LogP contribution is -2.47. The van der Waals surface area contributed by atoms with Crippen LogP contribution in [0.5, 0.6) is 11.5 Å². The maximum atomic E-state index is 5.47. The molecule has 28 heavy (non-hydrogen) atoms. The molecule has 0 aliphatic carbocycles. The van der Waals surface area contributed by atoms with Gasteiger partial charge < -0.3 is 19.3 Å². The van der Waals surface area contributed by atoms with Crippen LogP contribution in [-0.4, -0.2) is 55.9 Å². The van der Waals surface area contributed by atoms with Crippen LogP contribution in [0.15, 0.2) is 48.5 Å². The number of fused-ring (bicyclic) bond motifs is 1. The number of nitrogens with zero attached hydrogens (tertiary/aromatic N) is 2. The molecule has 0 aromatic heterocycles. The minimum Gasteiger partial charge on any atom is -0.454 e. The van der Waals surface area contributed by atoms with Crippen LogP contribution in [0.4, 0.5) is 0 Å². The Balaban J connectivity index is 0.00000140. The van der Waals surface area contributed by atoms with Crippen molar-refractivity contribution in [1.29, 1.82) is 0 Å². The molecule has 0 radical (unpaired) electrons. The van der Waals surface area contributed by atoms with Crippen molar-refractivity contribution in [2.45, 2.75) is 19.3 Å². The fourth-order valence-electron chi connectivity index (χ4n) is 3.77. The third-order valence-corrected chi connectivity index (χ3v) is 5.40. The largest absolute Gasteiger partial charge is 0.454 e. The Bertz CT molecular complexity index is 707. The monoisotopic (exact) mass is 424 g/mol. The Kier molecular flexibility index (Phi) is 9.39. The molecule has 0 atom stereocenters. The summed E-state index contributed by atoms with van der Waals surface area (Å²) in [7, 11) is 0. The summed E-state index contributed by atoms with van der Waals surface area (Å²) in [6.45, 7) is 7.42. The first-order valence-corrected chi connectivity index (χ1v) is 9.74. The molecule has 154 valence electrons. The van der Waals surface area contributed by atoms with Gasteiger partial charge in [0.25, 0.3) is 0 Å². The second-order valence-corrected chi connectivity index (χ2v) is 7.21. The molecule has 2 aromatic rings. The molecule has 4 nitrogen and oxygen atoms in total. The molecule has 4 rings (SSSR count). The predicted molar refractivity (Wildman–Crippen MR) is 118 cm³/mol. The van der Waals surface area contributed by atoms with Crippen LogP contribution >= 0.6 is 24.8 Å². The van der Waals surface area contributed by atoms with E-state index in [0.29, 0.717) is 6.79 Å². The molecule has 0 unspecified atom stereocenters. The Labute approximate surface area is 180 Å². The summed E-state index contributed by atoms with van der Waals surface area (Å²) in [5.74, 6) is 1.77. The number of benzene rings is 2. The van der Waals surface area contributed by atoms with Gasteiger partial charge in [-0.2, -0.15) is 0 Å². The van der Waals surface area contributed by atoms with Gasteiger partial charge in [0, 0.05) is 32.7 Å². The van der Waals surface area contributed by atoms with E-state index in [4.69, 9.17) is 9.47 Å². The molecule has 2 aromatic carbocycles. The Morgan fingerprint density at radius 1 is 0.679 bits per heavy atom. The quantitative estimate of drug-likeness (QED) is 0.668. The van der Waals surface area contributed by atoms with Gasteiger partial charge in [0.15, 0.2) is 11.5 Å². The molecule has 0 saturated carbocycles. The van der Waals surface area contributed by atoms with Crippen molar-refractivity contribution in [3.05, 3.63) is 59.7 Å². The molecule has 2 aliphatic rings. The second kappa shape index (κ2) is 11.5. The smallest absolute Gasteiger partial charge is 0.231 e. The molecular weight excluding hydrogens is 395 g/mol. The third kappa shape index (κ3) is 6.28. The second-order valence-electron chi connectivity index (χ2n) is 7.21. The zero-order chi connectivity index (χ0) is 17.6. The first kappa shape index (κ1) is 22.8. The Hall–Kier alpha value is -1.46. The number of hydrogen-bond donors (Lipinski definition) is 0. The lowest BCUT2D eigenvalue weighted by molar-refractivity contribution is 0.132. The topological polar surface area (TPSA) is 24.9 Å². The minimum absolute atomic E-state index is 0. The van der Waals surface area contributed by atoms with E-state index in [9.17, 15) is 0 Å². The summed E-state index contributed by atoms with van der Waals surface area (Å²) in [5, 5.41) is 0. The van der Waals surface area contributed by atoms with Gasteiger partial charge in [-0.1, -0.05) is 36.4 Å². The molecule has 2 heterocycles. The number of aryl methyl sites for hydroxylation is 1. The number of halogens is 2. The molecule has 0 amide bonds. The van der Waals surface area contributed by atoms with Crippen LogP contribution in [0.2, 0.25) is 0 Å². The van der Waals surface area contributed by atoms with Crippen molar-refractivity contribution in [1.82, 2.24) is 9.80 Å². The van der Waals surface area contributed by atoms with Crippen LogP contribution in [-0.2, 0) is 12.8 Å². The van der Waals surface area contributed by atoms with Crippen molar-refractivity contribution >= 4 is 24.8 Å². The predicted octanol–water partition coefficient (Wildman–Crippen LogP) is 4.05. The number of hydrogen-bond acceptors (Lipinski definition) is 4. The Morgan fingerprint density at radius 3 is 2.11 bits per heavy atom. The first-order chi connectivity index (χ1) is 12.9. The summed E-state index contributed by atoms with van der Waals surface area (Å²) in [5.41, 5.74) is 2.79. The molecule has 0 N–H and O–H groups in total. The molecule has 1 fully saturated rings. The molecule has 6 heteroatoms. The van der Waals surface area contributed by atoms with Crippen LogP contribution in [0.1, 0.15) is 17.5 Å². The summed E-state index contributed by atoms with van der Waals surface area (Å²) in [4.78, 5) is 5.19. The van der Waals surface area contributed by atoms with Gasteiger partial charge in [-0.25, -0.2) is 0 Å². The van der Waals surface area contributed by atoms with Gasteiger partial charge in [0.05, 0.1) is 0 Å². The average molecular weight is 425 g/mol. The van der Waals surface area contributed by atoms with E-state index in [1.807, 2.05) is 6.07 Å². The fraction of sp³-hybridized carbons (Fsp3) is 0.455. The highest BCUT2D eigenvalue weighted by atomic mass is 35.5. The van der Waals surface area contributed by atoms with Crippen molar-refractivity contribution in [3.63, 3.8) is 0 Å². The van der Waals surface area contributed by atoms with E-state index < -0.39 is 0 Å². The lowest BCUT2D eigenvalue weighted by Gasteiger charge is -2.34. The zero-order valence-corrected chi connectivity index (χ0v) is 17.9. The van der Waals surface area contributed by atoms with Crippen molar-refractivity contribution in [3.8, 4) is 11.5 Å². The normalized spacial score (nSPS) is 16.3. The molecule has 2 aliphatic heterocycles. The third-order valence-electron chi connectivity index (χ3n) is 5.40. The van der Waals surface area contributed by atoms with Gasteiger partial charge in [0.2, 0.25) is 6.79 Å². The standard InChI is InChI=1S/C22H28N2O2.2ClH/c1-2-5-19(6-3-1)7-4-11-23-13-15-24(16-14-23)12-10-20-8-9-21-22(17-20)26-18-25-21;;/h1-3,5-6,8-9,17H,4,7,10-16,18H2;2*1H. The fourth-order valence-corrected chi connectivity index (χ4v) is 3.77. The summed E-state index contributed by atoms with van der Waals surface area (Å²) in [6.07, 6.45) is 3.51. The van der Waals surface area contributed by atoms with Crippen molar-refractivity contribution in [2.24, 2.45) is 0 Å². The van der Waals surface area contributed by atoms with E-state index in [1.165, 1.54) is 56.7 Å². The van der Waals surface area contributed by atoms with Crippen LogP contribution in [0.3, 0.4) is 0 Å². The highest BCUT2D eigenvalue weighted by molar-refractivity contribution is 5.85. The van der Waals surface area contributed by atoms with Crippen molar-refractivity contribution in [2.75, 3.05) is 46.1 Å². The summed E-state index contributed by atoms with van der Waals surface area (Å²) >= 11 is 0. The van der Waals surface area contributed by atoms with Gasteiger partial charge in [-0.15, -0.1) is 24.8 Å². The molecule has 0 spiro atoms. The summed E-state index contributed by atoms with van der Waals surface area (Å²) in [6, 6.07) is 17.1. The van der Waals surface area contributed by atoms with Gasteiger partial charge in [-0.3, -0.25) is 0 Å². The van der Waals surface area contributed by atoms with Gasteiger partial charge in [0.1, 0.15) is 0 Å². The van der Waals surface area contributed by atoms with E-state index in [0.717, 1.165) is 24.5 Å². The minimum atomic E-state index is 0. The van der Waals surface area contributed by atoms with Gasteiger partial charge >= 0.3 is 0 Å². The van der Waals surface area contributed by atoms with E-state index in [-0.39, 0.29) is 24.8 Å². The van der Waals surface area contributed by atoms with Crippen LogP contribution in [0, 0.1) is 0 Å². The Morgan fingerprint density at radius 2 is 1.36 bits per heavy atom. The van der Waals surface area contributed by atoms with Gasteiger partial charge in [-0.05, 0) is 49.1 Å². The van der Waals surface area contributed by atoms with E-state index in [2.05, 4.69) is 52.3 Å². The highest BCUT2D eigenvalue weighted by Crippen LogP contribution is 2.32. The number of ether oxygens (including phenoxy) is 2. The maximum Gasteiger partial charge on any atom is 0.231 e. The van der Waals surface area contributed by atoms with Crippen LogP contribution in [0.25, 0.3) is 0 Å². The number of piperazine rings is 1. The first-order valence-electron chi connectivity index (χ1n) is 9.74. The molecule has 0 bridgehead atoms. The summed E-state index contributed by atoms with van der Waals surface area (Å²) < 4.78 is 10.9. The SMILES string of the molecule is Cl.Cl.c1ccc(CCCN2CCN(CCc3ccc4c(c3)OCO4)CC2)cc1. The van der Waals surface area contributed by atoms with E-state index >= 15 is 0 Å². The number of rotatable bonds is 7.